The third kappa shape index (κ3) is 21.9. The van der Waals surface area contributed by atoms with Gasteiger partial charge in [-0.25, -0.2) is 0 Å². The van der Waals surface area contributed by atoms with Crippen molar-refractivity contribution in [2.24, 2.45) is 0 Å². The zero-order chi connectivity index (χ0) is 52.0. The second kappa shape index (κ2) is 36.2. The van der Waals surface area contributed by atoms with Crippen LogP contribution >= 0.6 is 0 Å². The van der Waals surface area contributed by atoms with Crippen LogP contribution < -0.4 is 5.32 Å². The van der Waals surface area contributed by atoms with Gasteiger partial charge >= 0.3 is 0 Å². The van der Waals surface area contributed by atoms with Gasteiger partial charge in [-0.2, -0.15) is 0 Å². The highest BCUT2D eigenvalue weighted by atomic mass is 16.8. The first kappa shape index (κ1) is 62.5. The van der Waals surface area contributed by atoms with E-state index in [1.807, 2.05) is 18.2 Å². The Bertz CT molecular complexity index is 1590. The summed E-state index contributed by atoms with van der Waals surface area (Å²) in [6.45, 7) is 1.46. The second-order valence-electron chi connectivity index (χ2n) is 18.2. The van der Waals surface area contributed by atoms with Gasteiger partial charge in [0.05, 0.1) is 38.6 Å². The molecule has 408 valence electrons. The molecule has 0 radical (unpaired) electrons. The molecule has 3 aliphatic rings. The third-order valence-corrected chi connectivity index (χ3v) is 12.5. The van der Waals surface area contributed by atoms with E-state index in [0.717, 1.165) is 38.5 Å². The van der Waals surface area contributed by atoms with Crippen molar-refractivity contribution in [3.63, 3.8) is 0 Å². The molecule has 0 aliphatic carbocycles. The van der Waals surface area contributed by atoms with Crippen molar-refractivity contribution in [2.45, 2.75) is 221 Å². The van der Waals surface area contributed by atoms with Gasteiger partial charge in [-0.05, 0) is 57.8 Å². The van der Waals surface area contributed by atoms with Gasteiger partial charge in [-0.1, -0.05) is 125 Å². The Morgan fingerprint density at radius 1 is 0.521 bits per heavy atom. The highest BCUT2D eigenvalue weighted by Gasteiger charge is 2.53. The quantitative estimate of drug-likeness (QED) is 0.0324. The molecule has 0 aromatic carbocycles. The van der Waals surface area contributed by atoms with Gasteiger partial charge in [-0.3, -0.25) is 4.79 Å². The minimum Gasteiger partial charge on any atom is -0.394 e. The Morgan fingerprint density at radius 3 is 1.56 bits per heavy atom. The minimum absolute atomic E-state index is 0.110. The molecule has 1 amide bonds. The number of aliphatic hydroxyl groups is 11. The molecule has 71 heavy (non-hydrogen) atoms. The molecule has 3 saturated heterocycles. The van der Waals surface area contributed by atoms with E-state index >= 15 is 0 Å². The number of allylic oxidation sites excluding steroid dienone is 11. The largest absolute Gasteiger partial charge is 0.394 e. The molecule has 3 fully saturated rings. The van der Waals surface area contributed by atoms with Crippen molar-refractivity contribution in [1.29, 1.82) is 0 Å². The first-order chi connectivity index (χ1) is 34.3. The van der Waals surface area contributed by atoms with Crippen LogP contribution in [0.3, 0.4) is 0 Å². The summed E-state index contributed by atoms with van der Waals surface area (Å²) in [5.74, 6) is -0.371. The number of amides is 1. The highest BCUT2D eigenvalue weighted by molar-refractivity contribution is 5.76. The minimum atomic E-state index is -1.99. The van der Waals surface area contributed by atoms with Crippen molar-refractivity contribution >= 4 is 5.91 Å². The standard InChI is InChI=1S/C52H87NO18/c1-3-5-7-9-11-13-15-17-19-21-23-25-27-29-36(57)35(53-40(58)30-28-26-24-22-20-18-16-14-12-10-8-6-4-2)34-66-50-46(64)43(61)48(38(32-55)68-50)71-52-47(65)44(62)49(39(33-56)69-52)70-51-45(63)42(60)41(59)37(31-54)67-51/h6,8,12,14,18-21,24,26-27,29,35-39,41-52,54-57,59-65H,3-5,7,9-11,13,15-17,22-23,25,28,30-34H2,1-2H3,(H,53,58)/b8-6-,14-12-,20-18-,21-19+,26-24-,29-27+. The number of hydrogen-bond donors (Lipinski definition) is 12. The molecule has 3 heterocycles. The summed E-state index contributed by atoms with van der Waals surface area (Å²) >= 11 is 0. The van der Waals surface area contributed by atoms with Crippen molar-refractivity contribution in [2.75, 3.05) is 26.4 Å². The van der Waals surface area contributed by atoms with Gasteiger partial charge in [0.15, 0.2) is 18.9 Å². The van der Waals surface area contributed by atoms with E-state index in [0.29, 0.717) is 19.3 Å². The van der Waals surface area contributed by atoms with Gasteiger partial charge in [0.25, 0.3) is 0 Å². The lowest BCUT2D eigenvalue weighted by Gasteiger charge is -2.48. The number of carbonyl (C=O) groups excluding carboxylic acids is 1. The smallest absolute Gasteiger partial charge is 0.220 e. The Balaban J connectivity index is 1.60. The van der Waals surface area contributed by atoms with E-state index in [-0.39, 0.29) is 12.3 Å². The summed E-state index contributed by atoms with van der Waals surface area (Å²) in [7, 11) is 0. The van der Waals surface area contributed by atoms with Crippen LogP contribution in [0.5, 0.6) is 0 Å². The molecule has 3 aliphatic heterocycles. The highest BCUT2D eigenvalue weighted by Crippen LogP contribution is 2.33. The van der Waals surface area contributed by atoms with E-state index in [2.05, 4.69) is 61.7 Å². The summed E-state index contributed by atoms with van der Waals surface area (Å²) < 4.78 is 34.0. The lowest BCUT2D eigenvalue weighted by Crippen LogP contribution is -2.66. The Morgan fingerprint density at radius 2 is 0.986 bits per heavy atom. The second-order valence-corrected chi connectivity index (χ2v) is 18.2. The van der Waals surface area contributed by atoms with E-state index in [1.165, 1.54) is 38.5 Å². The average molecular weight is 1010 g/mol. The van der Waals surface area contributed by atoms with Crippen LogP contribution in [0.2, 0.25) is 0 Å². The number of rotatable bonds is 34. The first-order valence-corrected chi connectivity index (χ1v) is 25.7. The fourth-order valence-electron chi connectivity index (χ4n) is 8.21. The van der Waals surface area contributed by atoms with Crippen molar-refractivity contribution < 1.29 is 89.4 Å². The lowest BCUT2D eigenvalue weighted by atomic mass is 9.96. The van der Waals surface area contributed by atoms with E-state index in [9.17, 15) is 61.0 Å². The average Bonchev–Trinajstić information content (AvgIpc) is 3.36. The molecule has 0 saturated carbocycles. The fourth-order valence-corrected chi connectivity index (χ4v) is 8.21. The summed E-state index contributed by atoms with van der Waals surface area (Å²) in [5, 5.41) is 119. The van der Waals surface area contributed by atoms with Crippen molar-refractivity contribution in [3.05, 3.63) is 72.9 Å². The van der Waals surface area contributed by atoms with Crippen LogP contribution in [-0.4, -0.2) is 193 Å². The monoisotopic (exact) mass is 1010 g/mol. The van der Waals surface area contributed by atoms with Gasteiger partial charge in [0.2, 0.25) is 5.91 Å². The SMILES string of the molecule is CC/C=C\C/C=C\C/C=C\C/C=C\CCC(=O)NC(COC1OC(CO)C(OC2OC(CO)C(OC3OC(CO)C(O)C(O)C3O)C(O)C2O)C(O)C1O)C(O)/C=C/CC/C=C/CCCCCCCCC. The Labute approximate surface area is 419 Å². The van der Waals surface area contributed by atoms with Crippen LogP contribution in [0.25, 0.3) is 0 Å². The maximum Gasteiger partial charge on any atom is 0.220 e. The molecule has 19 heteroatoms. The number of carbonyl (C=O) groups is 1. The molecule has 3 rings (SSSR count). The summed E-state index contributed by atoms with van der Waals surface area (Å²) in [5.41, 5.74) is 0. The number of aliphatic hydroxyl groups excluding tert-OH is 11. The maximum atomic E-state index is 13.2. The van der Waals surface area contributed by atoms with Gasteiger partial charge in [0.1, 0.15) is 73.2 Å². The number of unbranched alkanes of at least 4 members (excludes halogenated alkanes) is 8. The predicted molar refractivity (Wildman–Crippen MR) is 263 cm³/mol. The first-order valence-electron chi connectivity index (χ1n) is 25.7. The van der Waals surface area contributed by atoms with E-state index < -0.39 is 131 Å². The maximum absolute atomic E-state index is 13.2. The zero-order valence-corrected chi connectivity index (χ0v) is 41.7. The van der Waals surface area contributed by atoms with Crippen molar-refractivity contribution in [3.8, 4) is 0 Å². The molecule has 0 spiro atoms. The van der Waals surface area contributed by atoms with Gasteiger partial charge in [-0.15, -0.1) is 0 Å². The number of nitrogens with one attached hydrogen (secondary N) is 1. The fraction of sp³-hybridized carbons (Fsp3) is 0.750. The normalized spacial score (nSPS) is 32.9. The van der Waals surface area contributed by atoms with Crippen molar-refractivity contribution in [1.82, 2.24) is 5.32 Å². The number of hydrogen-bond acceptors (Lipinski definition) is 18. The van der Waals surface area contributed by atoms with E-state index in [1.54, 1.807) is 12.2 Å². The summed E-state index contributed by atoms with van der Waals surface area (Å²) in [4.78, 5) is 13.2. The Hall–Kier alpha value is -2.77. The van der Waals surface area contributed by atoms with Gasteiger partial charge in [0, 0.05) is 6.42 Å². The zero-order valence-electron chi connectivity index (χ0n) is 41.7. The lowest BCUT2D eigenvalue weighted by molar-refractivity contribution is -0.379. The molecular formula is C52H87NO18. The molecule has 19 nitrogen and oxygen atoms in total. The number of ether oxygens (including phenoxy) is 6. The summed E-state index contributed by atoms with van der Waals surface area (Å²) in [6, 6.07) is -1.03. The van der Waals surface area contributed by atoms with Crippen LogP contribution in [0, 0.1) is 0 Å². The van der Waals surface area contributed by atoms with Gasteiger partial charge < -0.3 is 89.9 Å². The molecule has 0 aromatic rings. The van der Waals surface area contributed by atoms with Crippen LogP contribution in [0.1, 0.15) is 117 Å². The third-order valence-electron chi connectivity index (χ3n) is 12.5. The van der Waals surface area contributed by atoms with E-state index in [4.69, 9.17) is 28.4 Å². The molecule has 0 aromatic heterocycles. The van der Waals surface area contributed by atoms with Crippen LogP contribution in [-0.2, 0) is 33.2 Å². The Kier molecular flexibility index (Phi) is 31.9. The topological polar surface area (TPSA) is 307 Å². The molecule has 0 bridgehead atoms. The molecule has 17 atom stereocenters. The molecular weight excluding hydrogens is 927 g/mol. The molecule has 12 N–H and O–H groups in total. The van der Waals surface area contributed by atoms with Crippen LogP contribution in [0.4, 0.5) is 0 Å². The summed E-state index contributed by atoms with van der Waals surface area (Å²) in [6.07, 6.45) is 12.2. The predicted octanol–water partition coefficient (Wildman–Crippen LogP) is 1.92. The molecule has 17 unspecified atom stereocenters. The van der Waals surface area contributed by atoms with Crippen LogP contribution in [0.15, 0.2) is 72.9 Å².